The number of fused-ring (bicyclic) bond motifs is 2. The van der Waals surface area contributed by atoms with Crippen molar-refractivity contribution in [3.63, 3.8) is 0 Å². The van der Waals surface area contributed by atoms with Crippen LogP contribution in [0.15, 0.2) is 71.0 Å². The molecular formula is C44H57N9O9S2. The van der Waals surface area contributed by atoms with E-state index in [1.54, 1.807) is 25.1 Å². The van der Waals surface area contributed by atoms with Crippen molar-refractivity contribution in [2.45, 2.75) is 108 Å². The number of benzene rings is 2. The van der Waals surface area contributed by atoms with Crippen molar-refractivity contribution in [1.29, 1.82) is 0 Å². The van der Waals surface area contributed by atoms with Gasteiger partial charge in [-0.3, -0.25) is 4.79 Å². The molecule has 0 radical (unpaired) electrons. The molecule has 64 heavy (non-hydrogen) atoms. The van der Waals surface area contributed by atoms with Crippen molar-refractivity contribution in [2.75, 3.05) is 33.0 Å². The van der Waals surface area contributed by atoms with Crippen molar-refractivity contribution in [3.05, 3.63) is 84.0 Å². The van der Waals surface area contributed by atoms with E-state index < -0.39 is 26.0 Å². The number of carbonyl (C=O) groups is 2. The molecular weight excluding hydrogens is 863 g/mol. The quantitative estimate of drug-likeness (QED) is 0.156. The highest BCUT2D eigenvalue weighted by atomic mass is 32.2. The molecule has 2 aliphatic heterocycles. The molecule has 4 aromatic heterocycles. The summed E-state index contributed by atoms with van der Waals surface area (Å²) in [7, 11) is -8.00. The van der Waals surface area contributed by atoms with Crippen LogP contribution < -0.4 is 5.32 Å². The Morgan fingerprint density at radius 2 is 1.09 bits per heavy atom. The second-order valence-electron chi connectivity index (χ2n) is 18.4. The zero-order valence-corrected chi connectivity index (χ0v) is 38.9. The number of imidazole rings is 2. The molecule has 0 saturated carbocycles. The van der Waals surface area contributed by atoms with Gasteiger partial charge in [0.2, 0.25) is 0 Å². The predicted octanol–water partition coefficient (Wildman–Crippen LogP) is 5.84. The third-order valence-electron chi connectivity index (χ3n) is 11.4. The molecule has 0 atom stereocenters. The van der Waals surface area contributed by atoms with Crippen LogP contribution in [0.2, 0.25) is 0 Å². The highest BCUT2D eigenvalue weighted by molar-refractivity contribution is 7.90. The Balaban J connectivity index is 0.000000192. The number of hydrogen-bond acceptors (Lipinski definition) is 12. The van der Waals surface area contributed by atoms with Gasteiger partial charge in [-0.25, -0.2) is 14.8 Å². The van der Waals surface area contributed by atoms with Gasteiger partial charge in [0.05, 0.1) is 67.8 Å². The molecule has 6 aromatic rings. The number of nitrogens with zero attached hydrogens (tertiary/aromatic N) is 8. The van der Waals surface area contributed by atoms with E-state index in [4.69, 9.17) is 24.5 Å². The third-order valence-corrected chi connectivity index (χ3v) is 14.5. The Hall–Kier alpha value is -5.44. The molecule has 344 valence electrons. The van der Waals surface area contributed by atoms with Crippen LogP contribution in [0.5, 0.6) is 0 Å². The molecule has 0 spiro atoms. The molecule has 2 saturated heterocycles. The first kappa shape index (κ1) is 46.5. The van der Waals surface area contributed by atoms with Gasteiger partial charge >= 0.3 is 5.97 Å². The van der Waals surface area contributed by atoms with Gasteiger partial charge in [0, 0.05) is 56.9 Å². The molecule has 18 nitrogen and oxygen atoms in total. The number of carbonyl (C=O) groups excluding carboxylic acids is 1. The zero-order valence-electron chi connectivity index (χ0n) is 37.3. The van der Waals surface area contributed by atoms with E-state index in [-0.39, 0.29) is 37.7 Å². The van der Waals surface area contributed by atoms with Gasteiger partial charge in [0.15, 0.2) is 0 Å². The molecule has 2 fully saturated rings. The van der Waals surface area contributed by atoms with Crippen LogP contribution in [0, 0.1) is 11.8 Å². The lowest BCUT2D eigenvalue weighted by Crippen LogP contribution is -2.25. The second kappa shape index (κ2) is 18.2. The first-order valence-corrected chi connectivity index (χ1v) is 24.4. The van der Waals surface area contributed by atoms with Gasteiger partial charge in [0.25, 0.3) is 26.0 Å². The second-order valence-corrected chi connectivity index (χ2v) is 22.0. The van der Waals surface area contributed by atoms with E-state index in [9.17, 15) is 26.4 Å². The highest BCUT2D eigenvalue weighted by Crippen LogP contribution is 2.33. The first-order chi connectivity index (χ1) is 30.2. The number of carboxylic acid groups (broad SMARTS) is 1. The summed E-state index contributed by atoms with van der Waals surface area (Å²) in [5, 5.41) is 19.3. The summed E-state index contributed by atoms with van der Waals surface area (Å²) in [4.78, 5) is 32.8. The van der Waals surface area contributed by atoms with E-state index in [0.29, 0.717) is 33.5 Å². The molecule has 1 amide bonds. The van der Waals surface area contributed by atoms with Gasteiger partial charge in [-0.1, -0.05) is 41.5 Å². The normalized spacial score (nSPS) is 15.9. The Bertz CT molecular complexity index is 2890. The topological polar surface area (TPSA) is 224 Å². The van der Waals surface area contributed by atoms with Crippen LogP contribution in [-0.2, 0) is 53.4 Å². The number of aromatic carboxylic acids is 1. The zero-order chi connectivity index (χ0) is 46.2. The smallest absolute Gasteiger partial charge is 0.338 e. The number of hydrogen-bond donors (Lipinski definition) is 2. The SMILES string of the molecule is CC(C)(C)c1nc2cc(S(=O)(=O)n3cc(C(=O)O)cn3)ccc2n1CC1CCOCC1.CCNC(=O)c1cnn(S(=O)(=O)c2ccc3c(c2)nc(C(C)(C)C)n3CC2CCOCC2)c1. The number of amides is 1. The minimum atomic E-state index is -4.03. The van der Waals surface area contributed by atoms with E-state index in [0.717, 1.165) is 104 Å². The summed E-state index contributed by atoms with van der Waals surface area (Å²) in [6.07, 6.45) is 8.47. The Morgan fingerprint density at radius 3 is 1.47 bits per heavy atom. The third kappa shape index (κ3) is 9.79. The van der Waals surface area contributed by atoms with Crippen molar-refractivity contribution < 1.29 is 41.0 Å². The van der Waals surface area contributed by atoms with Crippen LogP contribution in [-0.4, -0.2) is 104 Å². The number of carboxylic acids is 1. The number of aromatic nitrogens is 8. The van der Waals surface area contributed by atoms with Gasteiger partial charge in [0.1, 0.15) is 11.6 Å². The fourth-order valence-electron chi connectivity index (χ4n) is 8.01. The van der Waals surface area contributed by atoms with Crippen molar-refractivity contribution in [3.8, 4) is 0 Å². The van der Waals surface area contributed by atoms with E-state index >= 15 is 0 Å². The molecule has 2 aromatic carbocycles. The lowest BCUT2D eigenvalue weighted by Gasteiger charge is -2.26. The fourth-order valence-corrected chi connectivity index (χ4v) is 10.3. The van der Waals surface area contributed by atoms with Gasteiger partial charge < -0.3 is 29.0 Å². The number of ether oxygens (including phenoxy) is 2. The van der Waals surface area contributed by atoms with E-state index in [2.05, 4.69) is 66.2 Å². The van der Waals surface area contributed by atoms with Gasteiger partial charge in [-0.2, -0.15) is 35.2 Å². The Labute approximate surface area is 373 Å². The van der Waals surface area contributed by atoms with Crippen LogP contribution in [0.25, 0.3) is 22.1 Å². The average Bonchev–Trinajstić information content (AvgIpc) is 4.07. The van der Waals surface area contributed by atoms with E-state index in [1.807, 2.05) is 6.07 Å². The lowest BCUT2D eigenvalue weighted by molar-refractivity contribution is 0.0610. The molecule has 20 heteroatoms. The monoisotopic (exact) mass is 919 g/mol. The average molecular weight is 920 g/mol. The Morgan fingerprint density at radius 1 is 0.688 bits per heavy atom. The van der Waals surface area contributed by atoms with Crippen LogP contribution in [0.1, 0.15) is 107 Å². The van der Waals surface area contributed by atoms with Crippen LogP contribution in [0.4, 0.5) is 0 Å². The first-order valence-electron chi connectivity index (χ1n) is 21.5. The number of rotatable bonds is 11. The Kier molecular flexibility index (Phi) is 13.2. The van der Waals surface area contributed by atoms with Crippen molar-refractivity contribution in [2.24, 2.45) is 11.8 Å². The van der Waals surface area contributed by atoms with Crippen LogP contribution in [0.3, 0.4) is 0 Å². The maximum atomic E-state index is 13.2. The summed E-state index contributed by atoms with van der Waals surface area (Å²) in [6, 6.07) is 9.81. The van der Waals surface area contributed by atoms with Gasteiger partial charge in [-0.05, 0) is 80.8 Å². The number of nitrogens with one attached hydrogen (secondary N) is 1. The molecule has 6 heterocycles. The minimum Gasteiger partial charge on any atom is -0.478 e. The maximum Gasteiger partial charge on any atom is 0.338 e. The molecule has 0 unspecified atom stereocenters. The molecule has 2 aliphatic rings. The standard InChI is InChI=1S/C23H31N5O4S.C21H26N4O5S/c1-5-24-21(29)17-13-25-28(15-17)33(30,31)18-6-7-20-19(12-18)26-22(23(2,3)4)27(20)14-16-8-10-32-11-9-16;1-21(2,3)20-23-17-10-16(31(28,29)25-13-15(11-22-25)19(26)27)4-5-18(17)24(20)12-14-6-8-30-9-7-14/h6-7,12-13,15-16H,5,8-11,14H2,1-4H3,(H,24,29);4-5,10-11,13-14H,6-9,12H2,1-3H3,(H,26,27). The maximum absolute atomic E-state index is 13.2. The van der Waals surface area contributed by atoms with Gasteiger partial charge in [-0.15, -0.1) is 0 Å². The largest absolute Gasteiger partial charge is 0.478 e. The summed E-state index contributed by atoms with van der Waals surface area (Å²) < 4.78 is 69.3. The summed E-state index contributed by atoms with van der Waals surface area (Å²) in [6.45, 7) is 19.5. The summed E-state index contributed by atoms with van der Waals surface area (Å²) in [5.41, 5.74) is 2.58. The lowest BCUT2D eigenvalue weighted by atomic mass is 9.94. The molecule has 8 rings (SSSR count). The van der Waals surface area contributed by atoms with Crippen LogP contribution >= 0.6 is 0 Å². The van der Waals surface area contributed by atoms with Crippen molar-refractivity contribution >= 4 is 54.0 Å². The molecule has 0 bridgehead atoms. The minimum absolute atomic E-state index is 0.0104. The fraction of sp³-hybridized carbons (Fsp3) is 0.500. The summed E-state index contributed by atoms with van der Waals surface area (Å²) in [5.74, 6) is 1.20. The molecule has 2 N–H and O–H groups in total. The molecule has 0 aliphatic carbocycles. The van der Waals surface area contributed by atoms with Crippen molar-refractivity contribution in [1.82, 2.24) is 42.8 Å². The van der Waals surface area contributed by atoms with E-state index in [1.165, 1.54) is 24.5 Å². The predicted molar refractivity (Wildman–Crippen MR) is 239 cm³/mol. The summed E-state index contributed by atoms with van der Waals surface area (Å²) >= 11 is 0. The highest BCUT2D eigenvalue weighted by Gasteiger charge is 2.29.